The summed E-state index contributed by atoms with van der Waals surface area (Å²) in [5.41, 5.74) is 2.65. The predicted octanol–water partition coefficient (Wildman–Crippen LogP) is 4.65. The molecule has 0 amide bonds. The van der Waals surface area contributed by atoms with E-state index >= 15 is 0 Å². The van der Waals surface area contributed by atoms with Crippen LogP contribution in [0.1, 0.15) is 63.0 Å². The number of unbranched alkanes of at least 4 members (excludes halogenated alkanes) is 5. The number of nitrogens with zero attached hydrogens (tertiary/aromatic N) is 1. The fourth-order valence-corrected chi connectivity index (χ4v) is 6.41. The first-order chi connectivity index (χ1) is 14.2. The molecular weight excluding hydrogens is 398 g/mol. The summed E-state index contributed by atoms with van der Waals surface area (Å²) in [6.45, 7) is 4.06. The Bertz CT molecular complexity index is 797. The van der Waals surface area contributed by atoms with Crippen molar-refractivity contribution in [1.29, 1.82) is 0 Å². The summed E-state index contributed by atoms with van der Waals surface area (Å²) < 4.78 is 12.8. The molecule has 0 aromatic heterocycles. The fraction of sp³-hybridized carbons (Fsp3) is 0.680. The lowest BCUT2D eigenvalue weighted by atomic mass is 9.53. The highest BCUT2D eigenvalue weighted by molar-refractivity contribution is 5.85. The van der Waals surface area contributed by atoms with Crippen LogP contribution in [0.25, 0.3) is 0 Å². The Labute approximate surface area is 187 Å². The van der Waals surface area contributed by atoms with E-state index in [2.05, 4.69) is 37.1 Å². The van der Waals surface area contributed by atoms with Gasteiger partial charge in [-0.2, -0.15) is 0 Å². The highest BCUT2D eigenvalue weighted by Crippen LogP contribution is 2.62. The number of aliphatic hydroxyl groups is 1. The van der Waals surface area contributed by atoms with Crippen LogP contribution in [-0.2, 0) is 11.8 Å². The van der Waals surface area contributed by atoms with E-state index in [1.54, 1.807) is 0 Å². The molecule has 1 N–H and O–H groups in total. The Kier molecular flexibility index (Phi) is 6.39. The van der Waals surface area contributed by atoms with Crippen LogP contribution in [0.3, 0.4) is 0 Å². The first-order valence-electron chi connectivity index (χ1n) is 11.7. The highest BCUT2D eigenvalue weighted by atomic mass is 35.5. The number of rotatable bonds is 8. The number of benzene rings is 1. The van der Waals surface area contributed by atoms with Crippen molar-refractivity contribution >= 4 is 12.4 Å². The monoisotopic (exact) mass is 433 g/mol. The normalized spacial score (nSPS) is 32.9. The number of piperidine rings is 1. The number of likely N-dealkylation sites (N-methyl/N-ethyl adjacent to an activating group) is 1. The molecule has 1 spiro atoms. The van der Waals surface area contributed by atoms with Crippen molar-refractivity contribution in [3.63, 3.8) is 0 Å². The van der Waals surface area contributed by atoms with Crippen molar-refractivity contribution in [3.05, 3.63) is 35.4 Å². The second kappa shape index (κ2) is 8.72. The van der Waals surface area contributed by atoms with Gasteiger partial charge in [-0.05, 0) is 44.5 Å². The van der Waals surface area contributed by atoms with E-state index in [1.165, 1.54) is 43.2 Å². The molecule has 1 fully saturated rings. The Morgan fingerprint density at radius 3 is 2.80 bits per heavy atom. The largest absolute Gasteiger partial charge is 0.490 e. The van der Waals surface area contributed by atoms with Crippen LogP contribution >= 0.6 is 12.4 Å². The van der Waals surface area contributed by atoms with Gasteiger partial charge in [0.2, 0.25) is 0 Å². The Morgan fingerprint density at radius 2 is 1.97 bits per heavy atom. The van der Waals surface area contributed by atoms with Crippen molar-refractivity contribution in [2.24, 2.45) is 5.92 Å². The zero-order valence-corrected chi connectivity index (χ0v) is 19.1. The summed E-state index contributed by atoms with van der Waals surface area (Å²) in [5.74, 6) is 2.22. The molecule has 1 aromatic rings. The van der Waals surface area contributed by atoms with Gasteiger partial charge >= 0.3 is 0 Å². The molecule has 166 valence electrons. The number of likely N-dealkylation sites (tertiary alicyclic amines) is 1. The third-order valence-corrected chi connectivity index (χ3v) is 7.89. The molecule has 4 nitrogen and oxygen atoms in total. The Morgan fingerprint density at radius 1 is 1.17 bits per heavy atom. The summed E-state index contributed by atoms with van der Waals surface area (Å²) >= 11 is 0. The molecule has 1 aromatic carbocycles. The minimum absolute atomic E-state index is 0. The van der Waals surface area contributed by atoms with Gasteiger partial charge in [-0.3, -0.25) is 0 Å². The number of hydrogen-bond acceptors (Lipinski definition) is 4. The van der Waals surface area contributed by atoms with Crippen LogP contribution in [0.4, 0.5) is 0 Å². The van der Waals surface area contributed by atoms with Crippen molar-refractivity contribution in [3.8, 4) is 11.5 Å². The lowest BCUT2D eigenvalue weighted by Gasteiger charge is -2.56. The van der Waals surface area contributed by atoms with Crippen LogP contribution in [0.5, 0.6) is 11.5 Å². The summed E-state index contributed by atoms with van der Waals surface area (Å²) in [4.78, 5) is 2.50. The molecule has 5 rings (SSSR count). The maximum absolute atomic E-state index is 10.8. The van der Waals surface area contributed by atoms with Gasteiger partial charge in [-0.15, -0.1) is 12.4 Å². The summed E-state index contributed by atoms with van der Waals surface area (Å²) in [7, 11) is 2.24. The van der Waals surface area contributed by atoms with Crippen LogP contribution in [0.15, 0.2) is 24.3 Å². The van der Waals surface area contributed by atoms with Gasteiger partial charge in [0.05, 0.1) is 6.61 Å². The van der Waals surface area contributed by atoms with Crippen LogP contribution < -0.4 is 9.47 Å². The van der Waals surface area contributed by atoms with Crippen LogP contribution in [0, 0.1) is 5.92 Å². The average Bonchev–Trinajstić information content (AvgIpc) is 3.08. The van der Waals surface area contributed by atoms with Gasteiger partial charge in [0.15, 0.2) is 11.5 Å². The fourth-order valence-electron chi connectivity index (χ4n) is 6.41. The van der Waals surface area contributed by atoms with Gasteiger partial charge < -0.3 is 19.5 Å². The first kappa shape index (κ1) is 22.0. The minimum atomic E-state index is -0.542. The molecule has 30 heavy (non-hydrogen) atoms. The van der Waals surface area contributed by atoms with E-state index in [0.717, 1.165) is 43.9 Å². The SMILES string of the molecule is CCCCCCCCOc1ccc2c3c1OC1C(O)C=CC4C(C2)N(C)CCC341.Cl. The van der Waals surface area contributed by atoms with E-state index in [0.29, 0.717) is 12.0 Å². The van der Waals surface area contributed by atoms with Gasteiger partial charge in [0.1, 0.15) is 12.2 Å². The molecule has 0 radical (unpaired) electrons. The van der Waals surface area contributed by atoms with Gasteiger partial charge in [-0.25, -0.2) is 0 Å². The minimum Gasteiger partial charge on any atom is -0.490 e. The second-order valence-electron chi connectivity index (χ2n) is 9.53. The zero-order valence-electron chi connectivity index (χ0n) is 18.3. The summed E-state index contributed by atoms with van der Waals surface area (Å²) in [6.07, 6.45) is 13.2. The van der Waals surface area contributed by atoms with Crippen molar-refractivity contribution < 1.29 is 14.6 Å². The van der Waals surface area contributed by atoms with E-state index in [-0.39, 0.29) is 23.9 Å². The second-order valence-corrected chi connectivity index (χ2v) is 9.53. The van der Waals surface area contributed by atoms with E-state index in [1.807, 2.05) is 6.08 Å². The topological polar surface area (TPSA) is 41.9 Å². The third-order valence-electron chi connectivity index (χ3n) is 7.89. The smallest absolute Gasteiger partial charge is 0.165 e. The molecule has 2 aliphatic carbocycles. The standard InChI is InChI=1S/C25H35NO3.ClH/c1-3-4-5-6-7-8-15-28-21-12-9-17-16-19-18-10-11-20(27)24-25(18,13-14-26(19)2)22(17)23(21)29-24;/h9-12,18-20,24,27H,3-8,13-16H2,1-2H3;1H. The summed E-state index contributed by atoms with van der Waals surface area (Å²) in [5, 5.41) is 10.8. The average molecular weight is 434 g/mol. The van der Waals surface area contributed by atoms with Gasteiger partial charge in [0, 0.05) is 22.9 Å². The Hall–Kier alpha value is -1.23. The van der Waals surface area contributed by atoms with Gasteiger partial charge in [-0.1, -0.05) is 57.2 Å². The predicted molar refractivity (Wildman–Crippen MR) is 122 cm³/mol. The molecule has 0 saturated carbocycles. The van der Waals surface area contributed by atoms with Crippen molar-refractivity contribution in [2.45, 2.75) is 82.0 Å². The van der Waals surface area contributed by atoms with Crippen molar-refractivity contribution in [1.82, 2.24) is 4.90 Å². The van der Waals surface area contributed by atoms with E-state index in [9.17, 15) is 5.11 Å². The lowest BCUT2D eigenvalue weighted by Crippen LogP contribution is -2.64. The maximum atomic E-state index is 10.8. The zero-order chi connectivity index (χ0) is 20.0. The van der Waals surface area contributed by atoms with Crippen LogP contribution in [-0.4, -0.2) is 48.5 Å². The first-order valence-corrected chi connectivity index (χ1v) is 11.7. The number of hydrogen-bond donors (Lipinski definition) is 1. The number of halogens is 1. The van der Waals surface area contributed by atoms with Crippen molar-refractivity contribution in [2.75, 3.05) is 20.2 Å². The molecule has 2 heterocycles. The number of aliphatic hydroxyl groups excluding tert-OH is 1. The molecule has 5 heteroatoms. The molecule has 2 aliphatic heterocycles. The molecule has 5 unspecified atom stereocenters. The van der Waals surface area contributed by atoms with Gasteiger partial charge in [0.25, 0.3) is 0 Å². The summed E-state index contributed by atoms with van der Waals surface area (Å²) in [6, 6.07) is 4.86. The van der Waals surface area contributed by atoms with E-state index < -0.39 is 6.10 Å². The lowest BCUT2D eigenvalue weighted by molar-refractivity contribution is -0.0454. The molecule has 2 bridgehead atoms. The molecule has 4 aliphatic rings. The number of ether oxygens (including phenoxy) is 2. The molecule has 1 saturated heterocycles. The quantitative estimate of drug-likeness (QED) is 0.478. The maximum Gasteiger partial charge on any atom is 0.165 e. The Balaban J connectivity index is 0.00000218. The van der Waals surface area contributed by atoms with E-state index in [4.69, 9.17) is 9.47 Å². The molecular formula is C25H36ClNO3. The molecule has 5 atom stereocenters. The third kappa shape index (κ3) is 3.27. The highest BCUT2D eigenvalue weighted by Gasteiger charge is 2.64. The van der Waals surface area contributed by atoms with Crippen LogP contribution in [0.2, 0.25) is 0 Å².